The Hall–Kier alpha value is -2.94. The van der Waals surface area contributed by atoms with Gasteiger partial charge in [0.1, 0.15) is 11.4 Å². The fourth-order valence-electron chi connectivity index (χ4n) is 6.26. The summed E-state index contributed by atoms with van der Waals surface area (Å²) in [6.07, 6.45) is 1.56. The molecule has 2 aromatic heterocycles. The van der Waals surface area contributed by atoms with Crippen molar-refractivity contribution in [2.75, 3.05) is 13.2 Å². The van der Waals surface area contributed by atoms with E-state index in [1.807, 2.05) is 0 Å². The van der Waals surface area contributed by atoms with Crippen LogP contribution in [-0.2, 0) is 34.5 Å². The van der Waals surface area contributed by atoms with E-state index in [1.54, 1.807) is 24.5 Å². The van der Waals surface area contributed by atoms with Gasteiger partial charge in [-0.25, -0.2) is 9.37 Å². The predicted molar refractivity (Wildman–Crippen MR) is 127 cm³/mol. The van der Waals surface area contributed by atoms with E-state index in [1.165, 1.54) is 6.07 Å². The molecule has 3 aromatic rings. The number of pyridine rings is 2. The summed E-state index contributed by atoms with van der Waals surface area (Å²) in [5.74, 6) is -0.608. The highest BCUT2D eigenvalue weighted by molar-refractivity contribution is 5.94. The van der Waals surface area contributed by atoms with Gasteiger partial charge >= 0.3 is 0 Å². The second-order valence-corrected chi connectivity index (χ2v) is 9.78. The van der Waals surface area contributed by atoms with Crippen LogP contribution in [0.15, 0.2) is 16.9 Å². The molecule has 0 spiro atoms. The van der Waals surface area contributed by atoms with E-state index < -0.39 is 5.60 Å². The lowest BCUT2D eigenvalue weighted by atomic mass is 9.77. The van der Waals surface area contributed by atoms with Crippen LogP contribution >= 0.6 is 0 Å². The molecule has 2 atom stereocenters. The summed E-state index contributed by atoms with van der Waals surface area (Å²) < 4.78 is 22.5. The zero-order valence-corrected chi connectivity index (χ0v) is 19.8. The Bertz CT molecular complexity index is 1490. The van der Waals surface area contributed by atoms with Crippen molar-refractivity contribution < 1.29 is 24.1 Å². The zero-order valence-electron chi connectivity index (χ0n) is 19.8. The van der Waals surface area contributed by atoms with Gasteiger partial charge in [-0.2, -0.15) is 0 Å². The number of hydrogen-bond acceptors (Lipinski definition) is 6. The third-order valence-corrected chi connectivity index (χ3v) is 8.11. The van der Waals surface area contributed by atoms with Gasteiger partial charge in [0.05, 0.1) is 42.8 Å². The number of nitrogens with zero attached hydrogens (tertiary/aromatic N) is 2. The van der Waals surface area contributed by atoms with Crippen LogP contribution in [0.5, 0.6) is 0 Å². The summed E-state index contributed by atoms with van der Waals surface area (Å²) in [4.78, 5) is 31.1. The lowest BCUT2D eigenvalue weighted by Gasteiger charge is -2.32. The van der Waals surface area contributed by atoms with E-state index in [-0.39, 0.29) is 49.3 Å². The van der Waals surface area contributed by atoms with Crippen LogP contribution in [0.25, 0.3) is 22.3 Å². The molecule has 7 nitrogen and oxygen atoms in total. The van der Waals surface area contributed by atoms with Gasteiger partial charge in [-0.1, -0.05) is 6.92 Å². The molecule has 2 N–H and O–H groups in total. The first-order valence-corrected chi connectivity index (χ1v) is 12.2. The highest BCUT2D eigenvalue weighted by Crippen LogP contribution is 2.46. The SMILES string of the molecule is CC[C@@]1(O)C(=O)CCc2c1cc1n(c2=O)Cc2c-1nc1cc(F)c(C)c3c1c2[C@H](OCCO)CC3. The quantitative estimate of drug-likeness (QED) is 0.468. The Labute approximate surface area is 201 Å². The van der Waals surface area contributed by atoms with E-state index in [0.29, 0.717) is 59.4 Å². The zero-order chi connectivity index (χ0) is 24.6. The monoisotopic (exact) mass is 478 g/mol. The number of fused-ring (bicyclic) bond motifs is 5. The van der Waals surface area contributed by atoms with Crippen LogP contribution in [0.4, 0.5) is 4.39 Å². The fourth-order valence-corrected chi connectivity index (χ4v) is 6.26. The molecular formula is C27H27FN2O5. The number of ketones is 1. The smallest absolute Gasteiger partial charge is 0.254 e. The van der Waals surface area contributed by atoms with E-state index >= 15 is 0 Å². The molecule has 1 aromatic carbocycles. The number of benzene rings is 1. The van der Waals surface area contributed by atoms with Crippen molar-refractivity contribution in [1.29, 1.82) is 0 Å². The molecule has 0 amide bonds. The van der Waals surface area contributed by atoms with Crippen molar-refractivity contribution in [1.82, 2.24) is 9.55 Å². The van der Waals surface area contributed by atoms with Gasteiger partial charge in [0.15, 0.2) is 5.78 Å². The number of aliphatic hydroxyl groups excluding tert-OH is 1. The Morgan fingerprint density at radius 2 is 2.00 bits per heavy atom. The minimum absolute atomic E-state index is 0.113. The maximum Gasteiger partial charge on any atom is 0.254 e. The van der Waals surface area contributed by atoms with Crippen LogP contribution in [0.2, 0.25) is 0 Å². The average Bonchev–Trinajstić information content (AvgIpc) is 3.22. The summed E-state index contributed by atoms with van der Waals surface area (Å²) >= 11 is 0. The van der Waals surface area contributed by atoms with Gasteiger partial charge in [0.25, 0.3) is 5.56 Å². The predicted octanol–water partition coefficient (Wildman–Crippen LogP) is 2.98. The number of ether oxygens (including phenoxy) is 1. The molecule has 0 radical (unpaired) electrons. The molecule has 0 fully saturated rings. The van der Waals surface area contributed by atoms with Gasteiger partial charge in [-0.05, 0) is 55.4 Å². The molecule has 0 saturated heterocycles. The topological polar surface area (TPSA) is 102 Å². The van der Waals surface area contributed by atoms with Gasteiger partial charge in [0, 0.05) is 34.6 Å². The maximum absolute atomic E-state index is 14.8. The van der Waals surface area contributed by atoms with E-state index in [0.717, 1.165) is 22.1 Å². The number of aliphatic hydroxyl groups is 2. The number of carbonyl (C=O) groups excluding carboxylic acids is 1. The van der Waals surface area contributed by atoms with Gasteiger partial charge in [-0.15, -0.1) is 0 Å². The number of rotatable bonds is 4. The molecule has 0 saturated carbocycles. The second-order valence-electron chi connectivity index (χ2n) is 9.78. The molecule has 3 heterocycles. The van der Waals surface area contributed by atoms with Crippen LogP contribution in [0.3, 0.4) is 0 Å². The summed E-state index contributed by atoms with van der Waals surface area (Å²) in [5, 5.41) is 21.5. The lowest BCUT2D eigenvalue weighted by molar-refractivity contribution is -0.140. The molecule has 1 aliphatic heterocycles. The Balaban J connectivity index is 1.66. The van der Waals surface area contributed by atoms with Crippen molar-refractivity contribution in [2.24, 2.45) is 0 Å². The summed E-state index contributed by atoms with van der Waals surface area (Å²) in [7, 11) is 0. The van der Waals surface area contributed by atoms with Crippen molar-refractivity contribution in [3.8, 4) is 11.4 Å². The largest absolute Gasteiger partial charge is 0.394 e. The lowest BCUT2D eigenvalue weighted by Crippen LogP contribution is -2.43. The summed E-state index contributed by atoms with van der Waals surface area (Å²) in [6, 6.07) is 3.16. The summed E-state index contributed by atoms with van der Waals surface area (Å²) in [6.45, 7) is 3.86. The van der Waals surface area contributed by atoms with Gasteiger partial charge in [0.2, 0.25) is 0 Å². The Morgan fingerprint density at radius 3 is 2.74 bits per heavy atom. The van der Waals surface area contributed by atoms with Gasteiger partial charge in [-0.3, -0.25) is 9.59 Å². The molecule has 3 aliphatic rings. The molecule has 2 aliphatic carbocycles. The minimum atomic E-state index is -1.70. The van der Waals surface area contributed by atoms with Crippen LogP contribution in [-0.4, -0.2) is 38.8 Å². The molecular weight excluding hydrogens is 451 g/mol. The fraction of sp³-hybridized carbons (Fsp3) is 0.444. The van der Waals surface area contributed by atoms with Crippen molar-refractivity contribution in [3.63, 3.8) is 0 Å². The van der Waals surface area contributed by atoms with Crippen LogP contribution in [0.1, 0.15) is 65.7 Å². The van der Waals surface area contributed by atoms with Crippen molar-refractivity contribution >= 4 is 16.7 Å². The third kappa shape index (κ3) is 2.96. The Kier molecular flexibility index (Phi) is 5.01. The number of carbonyl (C=O) groups is 1. The number of aromatic nitrogens is 2. The normalized spacial score (nSPS) is 22.3. The molecule has 8 heteroatoms. The van der Waals surface area contributed by atoms with E-state index in [2.05, 4.69) is 0 Å². The highest BCUT2D eigenvalue weighted by Gasteiger charge is 2.43. The number of aryl methyl sites for hydroxylation is 1. The standard InChI is InChI=1S/C27H27FN2O5/c1-3-27(34)17-10-20-25-16(12-30(20)26(33)15(17)5-7-22(27)32)24-21(35-9-8-31)6-4-14-13(2)18(28)11-19(29-25)23(14)24/h10-11,21,31,34H,3-9,12H2,1-2H3/t21-,27+/m1/s1. The highest BCUT2D eigenvalue weighted by atomic mass is 19.1. The molecule has 182 valence electrons. The van der Waals surface area contributed by atoms with Crippen molar-refractivity contribution in [2.45, 2.75) is 64.2 Å². The first-order chi connectivity index (χ1) is 16.8. The minimum Gasteiger partial charge on any atom is -0.394 e. The first-order valence-electron chi connectivity index (χ1n) is 12.2. The number of halogens is 1. The van der Waals surface area contributed by atoms with Gasteiger partial charge < -0.3 is 19.5 Å². The Morgan fingerprint density at radius 1 is 1.20 bits per heavy atom. The van der Waals surface area contributed by atoms with E-state index in [4.69, 9.17) is 9.72 Å². The molecule has 0 bridgehead atoms. The number of hydrogen-bond donors (Lipinski definition) is 2. The number of Topliss-reactive ketones (excluding diaryl/α,β-unsaturated/α-hetero) is 1. The molecule has 35 heavy (non-hydrogen) atoms. The van der Waals surface area contributed by atoms with Crippen LogP contribution < -0.4 is 5.56 Å². The molecule has 6 rings (SSSR count). The maximum atomic E-state index is 14.8. The third-order valence-electron chi connectivity index (χ3n) is 8.11. The average molecular weight is 479 g/mol. The molecule has 0 unspecified atom stereocenters. The van der Waals surface area contributed by atoms with Crippen molar-refractivity contribution in [3.05, 3.63) is 61.7 Å². The van der Waals surface area contributed by atoms with Crippen LogP contribution in [0, 0.1) is 12.7 Å². The first kappa shape index (κ1) is 22.5. The summed E-state index contributed by atoms with van der Waals surface area (Å²) in [5.41, 5.74) is 3.72. The second kappa shape index (κ2) is 7.78. The van der Waals surface area contributed by atoms with E-state index in [9.17, 15) is 24.2 Å².